The molecule has 0 saturated heterocycles. The number of aromatic nitrogens is 1. The molecule has 30 heavy (non-hydrogen) atoms. The lowest BCUT2D eigenvalue weighted by Crippen LogP contribution is -2.36. The van der Waals surface area contributed by atoms with Crippen LogP contribution in [0.5, 0.6) is 0 Å². The van der Waals surface area contributed by atoms with Crippen molar-refractivity contribution < 1.29 is 4.79 Å². The van der Waals surface area contributed by atoms with Crippen molar-refractivity contribution in [2.24, 2.45) is 10.9 Å². The summed E-state index contributed by atoms with van der Waals surface area (Å²) in [6.45, 7) is 6.19. The maximum absolute atomic E-state index is 12.4. The minimum absolute atomic E-state index is 0. The fourth-order valence-corrected chi connectivity index (χ4v) is 4.25. The van der Waals surface area contributed by atoms with Gasteiger partial charge in [0.05, 0.1) is 13.1 Å². The number of halogens is 1. The number of guanidine groups is 1. The van der Waals surface area contributed by atoms with Crippen molar-refractivity contribution >= 4 is 52.9 Å². The molecule has 1 aromatic heterocycles. The summed E-state index contributed by atoms with van der Waals surface area (Å²) in [6, 6.07) is 7.95. The molecule has 1 saturated carbocycles. The minimum Gasteiger partial charge on any atom is -0.357 e. The molecule has 1 fully saturated rings. The monoisotopic (exact) mass is 541 g/mol. The maximum atomic E-state index is 12.4. The quantitative estimate of drug-likeness (QED) is 0.257. The summed E-state index contributed by atoms with van der Waals surface area (Å²) < 4.78 is 0. The molecule has 3 N–H and O–H groups in total. The van der Waals surface area contributed by atoms with Crippen LogP contribution in [0.1, 0.15) is 55.0 Å². The van der Waals surface area contributed by atoms with Gasteiger partial charge in [0.2, 0.25) is 5.91 Å². The molecule has 2 aromatic rings. The molecule has 1 amide bonds. The largest absolute Gasteiger partial charge is 0.357 e. The highest BCUT2D eigenvalue weighted by Crippen LogP contribution is 2.26. The molecule has 1 aromatic carbocycles. The summed E-state index contributed by atoms with van der Waals surface area (Å²) in [5, 5.41) is 10.7. The lowest BCUT2D eigenvalue weighted by Gasteiger charge is -2.12. The lowest BCUT2D eigenvalue weighted by atomic mass is 10.1. The van der Waals surface area contributed by atoms with Gasteiger partial charge in [-0.2, -0.15) is 0 Å². The van der Waals surface area contributed by atoms with E-state index in [0.29, 0.717) is 13.1 Å². The van der Waals surface area contributed by atoms with Gasteiger partial charge in [0, 0.05) is 29.2 Å². The summed E-state index contributed by atoms with van der Waals surface area (Å²) in [4.78, 5) is 22.8. The number of amides is 1. The zero-order valence-corrected chi connectivity index (χ0v) is 20.9. The van der Waals surface area contributed by atoms with E-state index in [2.05, 4.69) is 39.8 Å². The summed E-state index contributed by atoms with van der Waals surface area (Å²) in [7, 11) is 0. The first-order chi connectivity index (χ1) is 14.2. The van der Waals surface area contributed by atoms with Crippen molar-refractivity contribution in [2.45, 2.75) is 59.0 Å². The van der Waals surface area contributed by atoms with E-state index < -0.39 is 0 Å². The molecule has 1 aliphatic rings. The standard InChI is InChI=1S/C22H31N5OS.HI/c1-3-19-14-24-20(29-19)15-26-22(23-4-2)25-13-16-8-7-11-18(12-16)27-21(28)17-9-5-6-10-17;/h7-8,11-12,14,17H,3-6,9-10,13,15H2,1-2H3,(H,27,28)(H2,23,25,26);1H. The minimum atomic E-state index is 0. The molecule has 0 atom stereocenters. The van der Waals surface area contributed by atoms with E-state index >= 15 is 0 Å². The molecule has 0 bridgehead atoms. The Morgan fingerprint density at radius 1 is 1.23 bits per heavy atom. The van der Waals surface area contributed by atoms with Crippen LogP contribution in [-0.4, -0.2) is 23.4 Å². The Bertz CT molecular complexity index is 832. The van der Waals surface area contributed by atoms with Crippen molar-refractivity contribution in [2.75, 3.05) is 11.9 Å². The smallest absolute Gasteiger partial charge is 0.227 e. The number of aryl methyl sites for hydroxylation is 1. The number of anilines is 1. The number of aliphatic imine (C=N–C) groups is 1. The zero-order valence-electron chi connectivity index (χ0n) is 17.7. The Morgan fingerprint density at radius 3 is 2.73 bits per heavy atom. The fraction of sp³-hybridized carbons (Fsp3) is 0.500. The van der Waals surface area contributed by atoms with Crippen LogP contribution in [0.15, 0.2) is 35.5 Å². The molecule has 3 rings (SSSR count). The SMILES string of the molecule is CCNC(=NCc1cccc(NC(=O)C2CCCC2)c1)NCc1ncc(CC)s1.I. The number of benzene rings is 1. The highest BCUT2D eigenvalue weighted by atomic mass is 127. The number of rotatable bonds is 8. The maximum Gasteiger partial charge on any atom is 0.227 e. The second kappa shape index (κ2) is 12.9. The van der Waals surface area contributed by atoms with Crippen LogP contribution in [-0.2, 0) is 24.3 Å². The average Bonchev–Trinajstić information content (AvgIpc) is 3.42. The van der Waals surface area contributed by atoms with Gasteiger partial charge in [0.15, 0.2) is 5.96 Å². The van der Waals surface area contributed by atoms with Gasteiger partial charge in [-0.15, -0.1) is 35.3 Å². The van der Waals surface area contributed by atoms with Gasteiger partial charge in [0.25, 0.3) is 0 Å². The molecular formula is C22H32IN5OS. The third-order valence-corrected chi connectivity index (χ3v) is 6.18. The Labute approximate surface area is 200 Å². The van der Waals surface area contributed by atoms with Crippen molar-refractivity contribution in [1.29, 1.82) is 0 Å². The van der Waals surface area contributed by atoms with Crippen LogP contribution in [0, 0.1) is 5.92 Å². The number of hydrogen-bond acceptors (Lipinski definition) is 4. The van der Waals surface area contributed by atoms with Crippen LogP contribution in [0.3, 0.4) is 0 Å². The van der Waals surface area contributed by atoms with Gasteiger partial charge in [-0.25, -0.2) is 9.98 Å². The van der Waals surface area contributed by atoms with Gasteiger partial charge in [-0.3, -0.25) is 4.79 Å². The van der Waals surface area contributed by atoms with Crippen molar-refractivity contribution in [1.82, 2.24) is 15.6 Å². The molecule has 0 spiro atoms. The average molecular weight is 542 g/mol. The summed E-state index contributed by atoms with van der Waals surface area (Å²) in [5.74, 6) is 1.08. The first-order valence-electron chi connectivity index (χ1n) is 10.5. The Hall–Kier alpha value is -1.68. The second-order valence-electron chi connectivity index (χ2n) is 7.29. The van der Waals surface area contributed by atoms with E-state index in [4.69, 9.17) is 0 Å². The van der Waals surface area contributed by atoms with Crippen molar-refractivity contribution in [3.63, 3.8) is 0 Å². The van der Waals surface area contributed by atoms with E-state index in [1.807, 2.05) is 30.5 Å². The molecule has 1 heterocycles. The molecule has 0 aliphatic heterocycles. The zero-order chi connectivity index (χ0) is 20.5. The fourth-order valence-electron chi connectivity index (χ4n) is 3.44. The predicted molar refractivity (Wildman–Crippen MR) is 136 cm³/mol. The second-order valence-corrected chi connectivity index (χ2v) is 8.49. The first kappa shape index (κ1) is 24.6. The lowest BCUT2D eigenvalue weighted by molar-refractivity contribution is -0.119. The number of thiazole rings is 1. The molecular weight excluding hydrogens is 509 g/mol. The van der Waals surface area contributed by atoms with Gasteiger partial charge in [0.1, 0.15) is 5.01 Å². The molecule has 0 radical (unpaired) electrons. The van der Waals surface area contributed by atoms with E-state index in [0.717, 1.165) is 60.9 Å². The van der Waals surface area contributed by atoms with E-state index in [1.54, 1.807) is 11.3 Å². The van der Waals surface area contributed by atoms with Crippen LogP contribution in [0.25, 0.3) is 0 Å². The van der Waals surface area contributed by atoms with Crippen molar-refractivity contribution in [3.05, 3.63) is 45.9 Å². The summed E-state index contributed by atoms with van der Waals surface area (Å²) in [5.41, 5.74) is 1.91. The topological polar surface area (TPSA) is 78.4 Å². The van der Waals surface area contributed by atoms with Crippen LogP contribution >= 0.6 is 35.3 Å². The number of nitrogens with zero attached hydrogens (tertiary/aromatic N) is 2. The summed E-state index contributed by atoms with van der Waals surface area (Å²) in [6.07, 6.45) is 7.29. The third-order valence-electron chi connectivity index (χ3n) is 5.04. The molecule has 8 heteroatoms. The van der Waals surface area contributed by atoms with Gasteiger partial charge < -0.3 is 16.0 Å². The van der Waals surface area contributed by atoms with Crippen LogP contribution in [0.4, 0.5) is 5.69 Å². The number of carbonyl (C=O) groups excluding carboxylic acids is 1. The third kappa shape index (κ3) is 7.54. The van der Waals surface area contributed by atoms with Gasteiger partial charge in [-0.1, -0.05) is 31.9 Å². The normalized spacial score (nSPS) is 14.3. The summed E-state index contributed by atoms with van der Waals surface area (Å²) >= 11 is 1.73. The Morgan fingerprint density at radius 2 is 2.03 bits per heavy atom. The predicted octanol–water partition coefficient (Wildman–Crippen LogP) is 4.71. The first-order valence-corrected chi connectivity index (χ1v) is 11.3. The molecule has 164 valence electrons. The number of hydrogen-bond donors (Lipinski definition) is 3. The number of carbonyl (C=O) groups is 1. The van der Waals surface area contributed by atoms with Crippen molar-refractivity contribution in [3.8, 4) is 0 Å². The number of nitrogens with one attached hydrogen (secondary N) is 3. The van der Waals surface area contributed by atoms with E-state index in [-0.39, 0.29) is 35.8 Å². The van der Waals surface area contributed by atoms with E-state index in [9.17, 15) is 4.79 Å². The van der Waals surface area contributed by atoms with Gasteiger partial charge >= 0.3 is 0 Å². The molecule has 1 aliphatic carbocycles. The van der Waals surface area contributed by atoms with Crippen LogP contribution < -0.4 is 16.0 Å². The molecule has 0 unspecified atom stereocenters. The highest BCUT2D eigenvalue weighted by molar-refractivity contribution is 14.0. The van der Waals surface area contributed by atoms with Crippen LogP contribution in [0.2, 0.25) is 0 Å². The Balaban J connectivity index is 0.00000320. The molecule has 6 nitrogen and oxygen atoms in total. The highest BCUT2D eigenvalue weighted by Gasteiger charge is 2.22. The van der Waals surface area contributed by atoms with E-state index in [1.165, 1.54) is 4.88 Å². The Kier molecular flexibility index (Phi) is 10.6. The van der Waals surface area contributed by atoms with Gasteiger partial charge in [-0.05, 0) is 43.9 Å².